The van der Waals surface area contributed by atoms with Crippen molar-refractivity contribution < 1.29 is 22.8 Å². The summed E-state index contributed by atoms with van der Waals surface area (Å²) in [5.41, 5.74) is 3.02. The molecule has 6 aromatic rings. The zero-order chi connectivity index (χ0) is 35.4. The molecule has 0 radical (unpaired) electrons. The molecule has 1 atom stereocenters. The predicted molar refractivity (Wildman–Crippen MR) is 186 cm³/mol. The summed E-state index contributed by atoms with van der Waals surface area (Å²) in [5, 5.41) is 2.77. The van der Waals surface area contributed by atoms with Crippen molar-refractivity contribution in [2.24, 2.45) is 0 Å². The molecule has 10 nitrogen and oxygen atoms in total. The van der Waals surface area contributed by atoms with E-state index >= 15 is 8.78 Å². The Bertz CT molecular complexity index is 2240. The molecule has 0 saturated carbocycles. The molecule has 0 fully saturated rings. The number of urea groups is 1. The lowest BCUT2D eigenvalue weighted by Crippen LogP contribution is -2.35. The van der Waals surface area contributed by atoms with E-state index in [2.05, 4.69) is 25.6 Å². The van der Waals surface area contributed by atoms with Gasteiger partial charge < -0.3 is 5.32 Å². The van der Waals surface area contributed by atoms with Crippen LogP contribution in [0.4, 0.5) is 23.7 Å². The number of aromatic nitrogens is 3. The average Bonchev–Trinajstić information content (AvgIpc) is 3.48. The van der Waals surface area contributed by atoms with E-state index in [9.17, 15) is 18.8 Å². The molecule has 3 heterocycles. The van der Waals surface area contributed by atoms with Gasteiger partial charge in [-0.3, -0.25) is 24.5 Å². The van der Waals surface area contributed by atoms with E-state index in [1.54, 1.807) is 43.6 Å². The van der Waals surface area contributed by atoms with E-state index in [1.165, 1.54) is 37.4 Å². The summed E-state index contributed by atoms with van der Waals surface area (Å²) >= 11 is 1.14. The van der Waals surface area contributed by atoms with Crippen LogP contribution in [0.3, 0.4) is 0 Å². The summed E-state index contributed by atoms with van der Waals surface area (Å²) in [4.78, 5) is 54.4. The highest BCUT2D eigenvalue weighted by Gasteiger charge is 2.31. The lowest BCUT2D eigenvalue weighted by Gasteiger charge is -2.29. The summed E-state index contributed by atoms with van der Waals surface area (Å²) in [6.07, 6.45) is 2.01. The largest absolute Gasteiger partial charge is 0.343 e. The molecule has 14 heteroatoms. The molecule has 0 aliphatic rings. The lowest BCUT2D eigenvalue weighted by molar-refractivity contribution is 0.114. The standard InChI is InChI=1S/C36H31F3N6O4S/c1-44(19-17-23-6-3-4-18-40-23)29(20-26-27(38)7-5-8-28(26)39)30-31-33(42-36(48)45(34(31)46)25-15-11-22(37)12-16-25)50-32(30)21-9-13-24(14-10-21)41-35(47)43-49-2/h3-16,18,29H,17,19-20H2,1-2H3,(H,42,48)(H2,41,43,47). The molecule has 2 amide bonds. The number of hydroxylamine groups is 1. The third kappa shape index (κ3) is 7.22. The van der Waals surface area contributed by atoms with E-state index in [0.29, 0.717) is 34.7 Å². The number of nitrogens with zero attached hydrogens (tertiary/aromatic N) is 3. The van der Waals surface area contributed by atoms with Crippen LogP contribution in [0.1, 0.15) is 22.9 Å². The summed E-state index contributed by atoms with van der Waals surface area (Å²) < 4.78 is 45.3. The lowest BCUT2D eigenvalue weighted by atomic mass is 9.93. The summed E-state index contributed by atoms with van der Waals surface area (Å²) in [6, 6.07) is 19.5. The zero-order valence-corrected chi connectivity index (χ0v) is 27.7. The Morgan fingerprint density at radius 2 is 1.70 bits per heavy atom. The number of fused-ring (bicyclic) bond motifs is 1. The number of H-pyrrole nitrogens is 1. The molecule has 0 aliphatic carbocycles. The maximum atomic E-state index is 15.3. The summed E-state index contributed by atoms with van der Waals surface area (Å²) in [6.45, 7) is 0.390. The van der Waals surface area contributed by atoms with Crippen LogP contribution in [0.2, 0.25) is 0 Å². The van der Waals surface area contributed by atoms with E-state index < -0.39 is 40.8 Å². The molecular formula is C36H31F3N6O4S. The molecule has 0 spiro atoms. The van der Waals surface area contributed by atoms with Crippen molar-refractivity contribution in [2.75, 3.05) is 26.0 Å². The number of likely N-dealkylation sites (N-methyl/N-ethyl adjacent to an activating group) is 1. The van der Waals surface area contributed by atoms with Gasteiger partial charge in [0.1, 0.15) is 22.3 Å². The van der Waals surface area contributed by atoms with Gasteiger partial charge in [0.2, 0.25) is 0 Å². The van der Waals surface area contributed by atoms with Gasteiger partial charge in [-0.25, -0.2) is 32.8 Å². The van der Waals surface area contributed by atoms with Crippen molar-refractivity contribution in [3.8, 4) is 16.1 Å². The van der Waals surface area contributed by atoms with Crippen LogP contribution in [0.15, 0.2) is 101 Å². The first-order chi connectivity index (χ1) is 24.1. The molecular weight excluding hydrogens is 669 g/mol. The van der Waals surface area contributed by atoms with Crippen molar-refractivity contribution in [3.05, 3.63) is 146 Å². The fraction of sp³-hybridized carbons (Fsp3) is 0.167. The number of anilines is 1. The molecule has 256 valence electrons. The van der Waals surface area contributed by atoms with Gasteiger partial charge in [-0.05, 0) is 79.7 Å². The van der Waals surface area contributed by atoms with Crippen LogP contribution in [0.5, 0.6) is 0 Å². The van der Waals surface area contributed by atoms with E-state index in [-0.39, 0.29) is 27.9 Å². The molecule has 0 saturated heterocycles. The number of hydrogen-bond acceptors (Lipinski definition) is 7. The quantitative estimate of drug-likeness (QED) is 0.135. The van der Waals surface area contributed by atoms with Gasteiger partial charge in [-0.2, -0.15) is 0 Å². The van der Waals surface area contributed by atoms with E-state index in [4.69, 9.17) is 0 Å². The topological polar surface area (TPSA) is 121 Å². The van der Waals surface area contributed by atoms with Gasteiger partial charge >= 0.3 is 11.7 Å². The van der Waals surface area contributed by atoms with Gasteiger partial charge in [-0.15, -0.1) is 11.3 Å². The van der Waals surface area contributed by atoms with Gasteiger partial charge in [0.15, 0.2) is 0 Å². The second kappa shape index (κ2) is 14.9. The highest BCUT2D eigenvalue weighted by Crippen LogP contribution is 2.43. The molecule has 3 aromatic heterocycles. The van der Waals surface area contributed by atoms with Crippen LogP contribution < -0.4 is 22.0 Å². The van der Waals surface area contributed by atoms with Crippen molar-refractivity contribution in [1.29, 1.82) is 0 Å². The van der Waals surface area contributed by atoms with Crippen LogP contribution in [0, 0.1) is 17.5 Å². The third-order valence-corrected chi connectivity index (χ3v) is 9.41. The Labute approximate surface area is 287 Å². The number of benzene rings is 3. The fourth-order valence-corrected chi connectivity index (χ4v) is 7.05. The number of pyridine rings is 1. The highest BCUT2D eigenvalue weighted by atomic mass is 32.1. The highest BCUT2D eigenvalue weighted by molar-refractivity contribution is 7.22. The van der Waals surface area contributed by atoms with Crippen molar-refractivity contribution in [1.82, 2.24) is 24.9 Å². The van der Waals surface area contributed by atoms with Gasteiger partial charge in [-0.1, -0.05) is 24.3 Å². The first-order valence-corrected chi connectivity index (χ1v) is 16.3. The minimum Gasteiger partial charge on any atom is -0.306 e. The fourth-order valence-electron chi connectivity index (χ4n) is 5.80. The Hall–Kier alpha value is -5.57. The molecule has 50 heavy (non-hydrogen) atoms. The summed E-state index contributed by atoms with van der Waals surface area (Å²) in [5.74, 6) is -2.02. The number of amides is 2. The van der Waals surface area contributed by atoms with Crippen LogP contribution in [0.25, 0.3) is 26.3 Å². The second-order valence-electron chi connectivity index (χ2n) is 11.4. The third-order valence-electron chi connectivity index (χ3n) is 8.24. The van der Waals surface area contributed by atoms with Crippen molar-refractivity contribution in [3.63, 3.8) is 0 Å². The zero-order valence-electron chi connectivity index (χ0n) is 26.9. The molecule has 1 unspecified atom stereocenters. The van der Waals surface area contributed by atoms with Crippen LogP contribution >= 0.6 is 11.3 Å². The second-order valence-corrected chi connectivity index (χ2v) is 12.4. The molecule has 6 rings (SSSR count). The number of carbonyl (C=O) groups excluding carboxylic acids is 1. The number of rotatable bonds is 11. The first-order valence-electron chi connectivity index (χ1n) is 15.5. The van der Waals surface area contributed by atoms with Gasteiger partial charge in [0.05, 0.1) is 18.2 Å². The molecule has 0 bridgehead atoms. The maximum absolute atomic E-state index is 15.3. The van der Waals surface area contributed by atoms with E-state index in [0.717, 1.165) is 33.7 Å². The van der Waals surface area contributed by atoms with E-state index in [1.807, 2.05) is 17.0 Å². The average molecular weight is 701 g/mol. The Morgan fingerprint density at radius 3 is 2.36 bits per heavy atom. The number of carbonyl (C=O) groups is 1. The predicted octanol–water partition coefficient (Wildman–Crippen LogP) is 6.36. The molecule has 0 aliphatic heterocycles. The first kappa shape index (κ1) is 34.3. The molecule has 3 aromatic carbocycles. The van der Waals surface area contributed by atoms with Gasteiger partial charge in [0, 0.05) is 52.6 Å². The number of nitrogens with one attached hydrogen (secondary N) is 3. The van der Waals surface area contributed by atoms with Crippen LogP contribution in [-0.2, 0) is 17.7 Å². The summed E-state index contributed by atoms with van der Waals surface area (Å²) in [7, 11) is 3.10. The van der Waals surface area contributed by atoms with Crippen molar-refractivity contribution in [2.45, 2.75) is 18.9 Å². The normalized spacial score (nSPS) is 12.0. The van der Waals surface area contributed by atoms with Gasteiger partial charge in [0.25, 0.3) is 5.56 Å². The number of thiophene rings is 1. The Morgan fingerprint density at radius 1 is 0.980 bits per heavy atom. The number of halogens is 3. The smallest absolute Gasteiger partial charge is 0.306 e. The SMILES string of the molecule is CONC(=O)Nc1ccc(-c2sc3[nH]c(=O)n(-c4ccc(F)cc4)c(=O)c3c2C(Cc2c(F)cccc2F)N(C)CCc2ccccn2)cc1. The number of hydrogen-bond donors (Lipinski definition) is 3. The molecule has 3 N–H and O–H groups in total. The Balaban J connectivity index is 1.57. The van der Waals surface area contributed by atoms with Crippen LogP contribution in [-0.4, -0.2) is 46.2 Å². The monoisotopic (exact) mass is 700 g/mol. The maximum Gasteiger partial charge on any atom is 0.343 e. The Kier molecular flexibility index (Phi) is 10.2. The number of aromatic amines is 1. The minimum atomic E-state index is -0.792. The van der Waals surface area contributed by atoms with Crippen molar-refractivity contribution >= 4 is 33.3 Å². The minimum absolute atomic E-state index is 0.141.